The maximum Gasteiger partial charge on any atom is 0.389 e. The van der Waals surface area contributed by atoms with Crippen LogP contribution in [0.4, 0.5) is 13.2 Å². The van der Waals surface area contributed by atoms with E-state index in [1.165, 1.54) is 4.90 Å². The molecule has 0 aromatic rings. The molecule has 0 aliphatic carbocycles. The first-order valence-corrected chi connectivity index (χ1v) is 6.28. The topological polar surface area (TPSA) is 49.4 Å². The highest BCUT2D eigenvalue weighted by Gasteiger charge is 2.45. The highest BCUT2D eigenvalue weighted by molar-refractivity contribution is 5.99. The van der Waals surface area contributed by atoms with Gasteiger partial charge in [0.15, 0.2) is 0 Å². The Hall–Kier alpha value is -1.27. The molecule has 1 aliphatic rings. The van der Waals surface area contributed by atoms with Crippen molar-refractivity contribution in [3.8, 4) is 0 Å². The van der Waals surface area contributed by atoms with Gasteiger partial charge in [-0.25, -0.2) is 0 Å². The lowest BCUT2D eigenvalue weighted by molar-refractivity contribution is -0.157. The van der Waals surface area contributed by atoms with Crippen molar-refractivity contribution >= 4 is 11.8 Å². The van der Waals surface area contributed by atoms with E-state index in [1.54, 1.807) is 20.8 Å². The summed E-state index contributed by atoms with van der Waals surface area (Å²) in [6, 6.07) is -0.633. The fraction of sp³-hybridized carbons (Fsp3) is 0.833. The molecule has 1 unspecified atom stereocenters. The Bertz CT molecular complexity index is 366. The fourth-order valence-corrected chi connectivity index (χ4v) is 2.09. The van der Waals surface area contributed by atoms with Crippen LogP contribution in [-0.4, -0.2) is 41.0 Å². The second-order valence-corrected chi connectivity index (χ2v) is 5.20. The van der Waals surface area contributed by atoms with Crippen LogP contribution < -0.4 is 5.32 Å². The number of rotatable bonds is 4. The number of carbonyl (C=O) groups is 2. The van der Waals surface area contributed by atoms with Crippen LogP contribution in [-0.2, 0) is 9.59 Å². The van der Waals surface area contributed by atoms with Crippen LogP contribution in [0.3, 0.4) is 0 Å². The van der Waals surface area contributed by atoms with Gasteiger partial charge in [0.25, 0.3) is 0 Å². The molecule has 2 amide bonds. The van der Waals surface area contributed by atoms with Crippen molar-refractivity contribution < 1.29 is 22.8 Å². The molecule has 1 rings (SSSR count). The van der Waals surface area contributed by atoms with Crippen LogP contribution >= 0.6 is 0 Å². The standard InChI is InChI=1S/C12H19F3N2O2/c1-4-8-9(18)17(7-5-6-12(13,14)15)11(2,3)10(19)16-8/h8H,4-7H2,1-3H3,(H,16,19). The lowest BCUT2D eigenvalue weighted by atomic mass is 9.94. The second-order valence-electron chi connectivity index (χ2n) is 5.20. The van der Waals surface area contributed by atoms with Crippen molar-refractivity contribution in [1.82, 2.24) is 10.2 Å². The van der Waals surface area contributed by atoms with E-state index in [1.807, 2.05) is 0 Å². The Balaban J connectivity index is 2.75. The van der Waals surface area contributed by atoms with E-state index in [-0.39, 0.29) is 24.8 Å². The second kappa shape index (κ2) is 5.38. The Labute approximate surface area is 110 Å². The molecule has 4 nitrogen and oxygen atoms in total. The summed E-state index contributed by atoms with van der Waals surface area (Å²) in [5.74, 6) is -0.639. The smallest absolute Gasteiger partial charge is 0.342 e. The Kier molecular flexibility index (Phi) is 4.47. The molecule has 1 fully saturated rings. The quantitative estimate of drug-likeness (QED) is 0.854. The molecule has 0 bridgehead atoms. The maximum atomic E-state index is 12.1. The molecule has 0 radical (unpaired) electrons. The molecule has 1 saturated heterocycles. The van der Waals surface area contributed by atoms with E-state index < -0.39 is 24.2 Å². The zero-order valence-corrected chi connectivity index (χ0v) is 11.3. The summed E-state index contributed by atoms with van der Waals surface area (Å²) in [7, 11) is 0. The summed E-state index contributed by atoms with van der Waals surface area (Å²) in [6.07, 6.45) is -4.96. The number of carbonyl (C=O) groups excluding carboxylic acids is 2. The highest BCUT2D eigenvalue weighted by Crippen LogP contribution is 2.25. The molecule has 0 aromatic heterocycles. The van der Waals surface area contributed by atoms with Gasteiger partial charge >= 0.3 is 6.18 Å². The third-order valence-electron chi connectivity index (χ3n) is 3.35. The number of halogens is 3. The van der Waals surface area contributed by atoms with Crippen molar-refractivity contribution in [1.29, 1.82) is 0 Å². The van der Waals surface area contributed by atoms with E-state index >= 15 is 0 Å². The van der Waals surface area contributed by atoms with Gasteiger partial charge in [-0.15, -0.1) is 0 Å². The summed E-state index contributed by atoms with van der Waals surface area (Å²) in [6.45, 7) is 4.77. The number of amides is 2. The maximum absolute atomic E-state index is 12.1. The van der Waals surface area contributed by atoms with Crippen molar-refractivity contribution in [3.05, 3.63) is 0 Å². The van der Waals surface area contributed by atoms with Crippen molar-refractivity contribution in [2.45, 2.75) is 57.8 Å². The predicted molar refractivity (Wildman–Crippen MR) is 63.3 cm³/mol. The first kappa shape index (κ1) is 15.8. The summed E-state index contributed by atoms with van der Waals surface area (Å²) in [5.41, 5.74) is -1.10. The molecule has 1 N–H and O–H groups in total. The van der Waals surface area contributed by atoms with E-state index in [9.17, 15) is 22.8 Å². The minimum Gasteiger partial charge on any atom is -0.342 e. The van der Waals surface area contributed by atoms with Gasteiger partial charge in [0.05, 0.1) is 0 Å². The van der Waals surface area contributed by atoms with Crippen molar-refractivity contribution in [3.63, 3.8) is 0 Å². The molecule has 0 saturated carbocycles. The summed E-state index contributed by atoms with van der Waals surface area (Å²) < 4.78 is 36.4. The first-order valence-electron chi connectivity index (χ1n) is 6.28. The molecule has 0 spiro atoms. The van der Waals surface area contributed by atoms with Gasteiger partial charge < -0.3 is 10.2 Å². The van der Waals surface area contributed by atoms with E-state index in [0.717, 1.165) is 0 Å². The average Bonchev–Trinajstić information content (AvgIpc) is 2.27. The number of hydrogen-bond donors (Lipinski definition) is 1. The molecule has 7 heteroatoms. The summed E-state index contributed by atoms with van der Waals surface area (Å²) >= 11 is 0. The minimum atomic E-state index is -4.24. The van der Waals surface area contributed by atoms with Crippen LogP contribution in [0.15, 0.2) is 0 Å². The Morgan fingerprint density at radius 1 is 1.32 bits per heavy atom. The number of piperazine rings is 1. The Morgan fingerprint density at radius 2 is 1.89 bits per heavy atom. The lowest BCUT2D eigenvalue weighted by Gasteiger charge is -2.44. The van der Waals surface area contributed by atoms with Crippen LogP contribution in [0, 0.1) is 0 Å². The number of nitrogens with zero attached hydrogens (tertiary/aromatic N) is 1. The number of nitrogens with one attached hydrogen (secondary N) is 1. The van der Waals surface area contributed by atoms with Gasteiger partial charge in [0.2, 0.25) is 11.8 Å². The van der Waals surface area contributed by atoms with Gasteiger partial charge in [-0.05, 0) is 26.7 Å². The molecule has 0 aromatic carbocycles. The molecule has 19 heavy (non-hydrogen) atoms. The van der Waals surface area contributed by atoms with Gasteiger partial charge in [0, 0.05) is 13.0 Å². The van der Waals surface area contributed by atoms with Gasteiger partial charge in [0.1, 0.15) is 11.6 Å². The van der Waals surface area contributed by atoms with E-state index in [2.05, 4.69) is 5.32 Å². The molecule has 1 atom stereocenters. The van der Waals surface area contributed by atoms with Crippen LogP contribution in [0.1, 0.15) is 40.0 Å². The Morgan fingerprint density at radius 3 is 2.37 bits per heavy atom. The molecular weight excluding hydrogens is 261 g/mol. The third-order valence-corrected chi connectivity index (χ3v) is 3.35. The zero-order valence-electron chi connectivity index (χ0n) is 11.3. The highest BCUT2D eigenvalue weighted by atomic mass is 19.4. The minimum absolute atomic E-state index is 0.0603. The molecular formula is C12H19F3N2O2. The third kappa shape index (κ3) is 3.61. The number of alkyl halides is 3. The van der Waals surface area contributed by atoms with Crippen molar-refractivity contribution in [2.75, 3.05) is 6.54 Å². The number of hydrogen-bond acceptors (Lipinski definition) is 2. The van der Waals surface area contributed by atoms with Gasteiger partial charge in [-0.1, -0.05) is 6.92 Å². The average molecular weight is 280 g/mol. The van der Waals surface area contributed by atoms with E-state index in [0.29, 0.717) is 6.42 Å². The van der Waals surface area contributed by atoms with Gasteiger partial charge in [-0.2, -0.15) is 13.2 Å². The predicted octanol–water partition coefficient (Wildman–Crippen LogP) is 1.84. The fourth-order valence-electron chi connectivity index (χ4n) is 2.09. The molecule has 110 valence electrons. The molecule has 1 heterocycles. The van der Waals surface area contributed by atoms with Crippen LogP contribution in [0.5, 0.6) is 0 Å². The van der Waals surface area contributed by atoms with Crippen LogP contribution in [0.2, 0.25) is 0 Å². The monoisotopic (exact) mass is 280 g/mol. The van der Waals surface area contributed by atoms with E-state index in [4.69, 9.17) is 0 Å². The van der Waals surface area contributed by atoms with Crippen molar-refractivity contribution in [2.24, 2.45) is 0 Å². The van der Waals surface area contributed by atoms with Gasteiger partial charge in [-0.3, -0.25) is 9.59 Å². The van der Waals surface area contributed by atoms with Crippen LogP contribution in [0.25, 0.3) is 0 Å². The summed E-state index contributed by atoms with van der Waals surface area (Å²) in [5, 5.41) is 2.59. The lowest BCUT2D eigenvalue weighted by Crippen LogP contribution is -2.68. The first-order chi connectivity index (χ1) is 8.59. The molecule has 1 aliphatic heterocycles. The zero-order chi connectivity index (χ0) is 14.8. The summed E-state index contributed by atoms with van der Waals surface area (Å²) in [4.78, 5) is 25.2. The largest absolute Gasteiger partial charge is 0.389 e. The SMILES string of the molecule is CCC1NC(=O)C(C)(C)N(CCCC(F)(F)F)C1=O. The normalized spacial score (nSPS) is 23.5.